The first-order valence-corrected chi connectivity index (χ1v) is 8.08. The highest BCUT2D eigenvalue weighted by molar-refractivity contribution is 7.99. The number of thioether (sulfide) groups is 1. The van der Waals surface area contributed by atoms with Crippen LogP contribution in [-0.4, -0.2) is 24.5 Å². The van der Waals surface area contributed by atoms with Gasteiger partial charge in [-0.2, -0.15) is 0 Å². The first-order chi connectivity index (χ1) is 9.09. The van der Waals surface area contributed by atoms with Crippen molar-refractivity contribution >= 4 is 11.8 Å². The van der Waals surface area contributed by atoms with Crippen LogP contribution in [0.15, 0.2) is 29.2 Å². The molecule has 19 heavy (non-hydrogen) atoms. The van der Waals surface area contributed by atoms with Crippen LogP contribution in [0, 0.1) is 0 Å². The molecule has 1 saturated carbocycles. The summed E-state index contributed by atoms with van der Waals surface area (Å²) in [5.74, 6) is 1.10. The SMILES string of the molecule is COC(C)(C)CCSc1ccc(CNC2CC2)cc1. The quantitative estimate of drug-likeness (QED) is 0.730. The number of ether oxygens (including phenoxy) is 1. The van der Waals surface area contributed by atoms with Crippen molar-refractivity contribution in [1.29, 1.82) is 0 Å². The second kappa shape index (κ2) is 6.78. The van der Waals surface area contributed by atoms with E-state index in [1.54, 1.807) is 7.11 Å². The van der Waals surface area contributed by atoms with Crippen LogP contribution in [0.2, 0.25) is 0 Å². The van der Waals surface area contributed by atoms with E-state index < -0.39 is 0 Å². The third-order valence-corrected chi connectivity index (χ3v) is 4.63. The topological polar surface area (TPSA) is 21.3 Å². The molecular formula is C16H25NOS. The summed E-state index contributed by atoms with van der Waals surface area (Å²) < 4.78 is 5.43. The zero-order chi connectivity index (χ0) is 13.7. The zero-order valence-corrected chi connectivity index (χ0v) is 13.1. The second-order valence-corrected chi connectivity index (χ2v) is 7.03. The molecule has 0 unspecified atom stereocenters. The summed E-state index contributed by atoms with van der Waals surface area (Å²) in [6.07, 6.45) is 3.77. The summed E-state index contributed by atoms with van der Waals surface area (Å²) in [7, 11) is 1.78. The van der Waals surface area contributed by atoms with Gasteiger partial charge in [-0.05, 0) is 50.8 Å². The molecule has 0 radical (unpaired) electrons. The molecule has 0 aliphatic heterocycles. The number of benzene rings is 1. The van der Waals surface area contributed by atoms with Gasteiger partial charge in [0, 0.05) is 30.3 Å². The second-order valence-electron chi connectivity index (χ2n) is 5.86. The number of rotatable bonds is 8. The Morgan fingerprint density at radius 3 is 2.53 bits per heavy atom. The molecule has 2 nitrogen and oxygen atoms in total. The summed E-state index contributed by atoms with van der Waals surface area (Å²) in [5.41, 5.74) is 1.37. The van der Waals surface area contributed by atoms with Gasteiger partial charge in [-0.25, -0.2) is 0 Å². The Kier molecular flexibility index (Phi) is 5.31. The first-order valence-electron chi connectivity index (χ1n) is 7.09. The van der Waals surface area contributed by atoms with Crippen LogP contribution in [-0.2, 0) is 11.3 Å². The van der Waals surface area contributed by atoms with Crippen molar-refractivity contribution in [1.82, 2.24) is 5.32 Å². The molecule has 0 heterocycles. The standard InChI is InChI=1S/C16H25NOS/c1-16(2,18-3)10-11-19-15-8-4-13(5-9-15)12-17-14-6-7-14/h4-5,8-9,14,17H,6-7,10-12H2,1-3H3. The summed E-state index contributed by atoms with van der Waals surface area (Å²) in [6.45, 7) is 5.28. The molecule has 0 bridgehead atoms. The van der Waals surface area contributed by atoms with Crippen LogP contribution < -0.4 is 5.32 Å². The average molecular weight is 279 g/mol. The van der Waals surface area contributed by atoms with Crippen molar-refractivity contribution in [2.24, 2.45) is 0 Å². The minimum atomic E-state index is -0.0128. The van der Waals surface area contributed by atoms with E-state index in [9.17, 15) is 0 Å². The van der Waals surface area contributed by atoms with Crippen molar-refractivity contribution < 1.29 is 4.74 Å². The lowest BCUT2D eigenvalue weighted by atomic mass is 10.1. The monoisotopic (exact) mass is 279 g/mol. The molecule has 2 rings (SSSR count). The minimum Gasteiger partial charge on any atom is -0.379 e. The molecule has 1 N–H and O–H groups in total. The van der Waals surface area contributed by atoms with Crippen LogP contribution in [0.25, 0.3) is 0 Å². The zero-order valence-electron chi connectivity index (χ0n) is 12.2. The maximum absolute atomic E-state index is 5.43. The Balaban J connectivity index is 1.71. The van der Waals surface area contributed by atoms with Crippen LogP contribution in [0.1, 0.15) is 38.7 Å². The predicted molar refractivity (Wildman–Crippen MR) is 82.7 cm³/mol. The smallest absolute Gasteiger partial charge is 0.0630 e. The molecule has 1 aliphatic rings. The fourth-order valence-electron chi connectivity index (χ4n) is 1.77. The maximum Gasteiger partial charge on any atom is 0.0630 e. The molecule has 1 aromatic rings. The third kappa shape index (κ3) is 5.55. The number of nitrogens with one attached hydrogen (secondary N) is 1. The van der Waals surface area contributed by atoms with E-state index in [0.29, 0.717) is 0 Å². The van der Waals surface area contributed by atoms with Crippen LogP contribution in [0.3, 0.4) is 0 Å². The number of methoxy groups -OCH3 is 1. The van der Waals surface area contributed by atoms with Gasteiger partial charge in [0.05, 0.1) is 5.60 Å². The molecule has 0 aromatic heterocycles. The Morgan fingerprint density at radius 1 is 1.26 bits per heavy atom. The fourth-order valence-corrected chi connectivity index (χ4v) is 2.93. The van der Waals surface area contributed by atoms with E-state index in [0.717, 1.165) is 24.8 Å². The molecule has 0 spiro atoms. The Morgan fingerprint density at radius 2 is 1.95 bits per heavy atom. The molecule has 1 aliphatic carbocycles. The van der Waals surface area contributed by atoms with Crippen LogP contribution in [0.5, 0.6) is 0 Å². The molecular weight excluding hydrogens is 254 g/mol. The van der Waals surface area contributed by atoms with Gasteiger partial charge in [0.1, 0.15) is 0 Å². The van der Waals surface area contributed by atoms with Crippen molar-refractivity contribution in [2.75, 3.05) is 12.9 Å². The van der Waals surface area contributed by atoms with Gasteiger partial charge in [0.25, 0.3) is 0 Å². The van der Waals surface area contributed by atoms with E-state index in [1.165, 1.54) is 23.3 Å². The van der Waals surface area contributed by atoms with Crippen LogP contribution in [0.4, 0.5) is 0 Å². The molecule has 0 saturated heterocycles. The lowest BCUT2D eigenvalue weighted by Crippen LogP contribution is -2.22. The van der Waals surface area contributed by atoms with Gasteiger partial charge in [-0.15, -0.1) is 11.8 Å². The summed E-state index contributed by atoms with van der Waals surface area (Å²) >= 11 is 1.91. The number of hydrogen-bond acceptors (Lipinski definition) is 3. The lowest BCUT2D eigenvalue weighted by Gasteiger charge is -2.22. The van der Waals surface area contributed by atoms with E-state index in [4.69, 9.17) is 4.74 Å². The summed E-state index contributed by atoms with van der Waals surface area (Å²) in [4.78, 5) is 1.35. The fraction of sp³-hybridized carbons (Fsp3) is 0.625. The Bertz CT molecular complexity index is 384. The first kappa shape index (κ1) is 14.9. The van der Waals surface area contributed by atoms with Crippen molar-refractivity contribution in [2.45, 2.75) is 56.2 Å². The molecule has 106 valence electrons. The molecule has 0 atom stereocenters. The van der Waals surface area contributed by atoms with Crippen LogP contribution >= 0.6 is 11.8 Å². The van der Waals surface area contributed by atoms with Gasteiger partial charge in [0.15, 0.2) is 0 Å². The van der Waals surface area contributed by atoms with Gasteiger partial charge < -0.3 is 10.1 Å². The van der Waals surface area contributed by atoms with Gasteiger partial charge in [-0.3, -0.25) is 0 Å². The van der Waals surface area contributed by atoms with Crippen molar-refractivity contribution in [3.8, 4) is 0 Å². The maximum atomic E-state index is 5.43. The largest absolute Gasteiger partial charge is 0.379 e. The van der Waals surface area contributed by atoms with E-state index in [1.807, 2.05) is 11.8 Å². The normalized spacial score (nSPS) is 15.7. The Hall–Kier alpha value is -0.510. The van der Waals surface area contributed by atoms with Gasteiger partial charge in [0.2, 0.25) is 0 Å². The lowest BCUT2D eigenvalue weighted by molar-refractivity contribution is 0.0207. The molecule has 3 heteroatoms. The summed E-state index contributed by atoms with van der Waals surface area (Å²) in [5, 5.41) is 3.54. The van der Waals surface area contributed by atoms with Crippen molar-refractivity contribution in [3.63, 3.8) is 0 Å². The molecule has 1 aromatic carbocycles. The van der Waals surface area contributed by atoms with Gasteiger partial charge >= 0.3 is 0 Å². The minimum absolute atomic E-state index is 0.0128. The average Bonchev–Trinajstić information content (AvgIpc) is 3.22. The highest BCUT2D eigenvalue weighted by atomic mass is 32.2. The van der Waals surface area contributed by atoms with E-state index in [2.05, 4.69) is 43.4 Å². The van der Waals surface area contributed by atoms with E-state index in [-0.39, 0.29) is 5.60 Å². The predicted octanol–water partition coefficient (Wildman–Crippen LogP) is 3.85. The highest BCUT2D eigenvalue weighted by Crippen LogP contribution is 2.24. The number of hydrogen-bond donors (Lipinski definition) is 1. The Labute approximate surface area is 121 Å². The third-order valence-electron chi connectivity index (χ3n) is 3.62. The van der Waals surface area contributed by atoms with E-state index >= 15 is 0 Å². The summed E-state index contributed by atoms with van der Waals surface area (Å²) in [6, 6.07) is 9.71. The highest BCUT2D eigenvalue weighted by Gasteiger charge is 2.19. The van der Waals surface area contributed by atoms with Gasteiger partial charge in [-0.1, -0.05) is 12.1 Å². The molecule has 1 fully saturated rings. The van der Waals surface area contributed by atoms with Crippen molar-refractivity contribution in [3.05, 3.63) is 29.8 Å². The molecule has 0 amide bonds.